The minimum atomic E-state index is -0.178. The topological polar surface area (TPSA) is 67.4 Å². The maximum Gasteiger partial charge on any atom is 0.265 e. The van der Waals surface area contributed by atoms with Gasteiger partial charge in [-0.3, -0.25) is 9.59 Å². The molecule has 0 aliphatic carbocycles. The third-order valence-corrected chi connectivity index (χ3v) is 5.03. The molecule has 0 unspecified atom stereocenters. The molecule has 0 fully saturated rings. The van der Waals surface area contributed by atoms with Gasteiger partial charge in [0.1, 0.15) is 5.75 Å². The molecule has 0 atom stereocenters. The molecule has 0 spiro atoms. The van der Waals surface area contributed by atoms with E-state index < -0.39 is 0 Å². The summed E-state index contributed by atoms with van der Waals surface area (Å²) in [7, 11) is 1.63. The maximum atomic E-state index is 12.6. The van der Waals surface area contributed by atoms with Gasteiger partial charge in [0.15, 0.2) is 0 Å². The number of rotatable bonds is 5. The van der Waals surface area contributed by atoms with Crippen molar-refractivity contribution < 1.29 is 14.3 Å². The number of aryl methyl sites for hydroxylation is 1. The Morgan fingerprint density at radius 1 is 0.963 bits per heavy atom. The van der Waals surface area contributed by atoms with Crippen molar-refractivity contribution in [1.82, 2.24) is 0 Å². The molecule has 5 nitrogen and oxygen atoms in total. The summed E-state index contributed by atoms with van der Waals surface area (Å²) < 4.78 is 5.19. The molecule has 1 aromatic heterocycles. The number of ether oxygens (including phenoxy) is 1. The average Bonchev–Trinajstić information content (AvgIpc) is 3.03. The summed E-state index contributed by atoms with van der Waals surface area (Å²) in [6.07, 6.45) is 0. The molecule has 0 aliphatic rings. The predicted molar refractivity (Wildman–Crippen MR) is 110 cm³/mol. The van der Waals surface area contributed by atoms with Crippen LogP contribution >= 0.6 is 11.3 Å². The third-order valence-electron chi connectivity index (χ3n) is 3.98. The number of hydrogen-bond acceptors (Lipinski definition) is 4. The standard InChI is InChI=1S/C21H20N2O3S/c1-13-19(15-7-9-18(26-3)10-8-15)12-20(27-13)21(25)23-17-6-4-5-16(11-17)22-14(2)24/h4-12H,1-3H3,(H,22,24)(H,23,25). The van der Waals surface area contributed by atoms with Gasteiger partial charge in [-0.2, -0.15) is 0 Å². The van der Waals surface area contributed by atoms with Crippen LogP contribution in [0.15, 0.2) is 54.6 Å². The minimum Gasteiger partial charge on any atom is -0.497 e. The maximum absolute atomic E-state index is 12.6. The minimum absolute atomic E-state index is 0.156. The highest BCUT2D eigenvalue weighted by molar-refractivity contribution is 7.14. The van der Waals surface area contributed by atoms with E-state index >= 15 is 0 Å². The summed E-state index contributed by atoms with van der Waals surface area (Å²) in [5.74, 6) is 0.461. The van der Waals surface area contributed by atoms with E-state index in [0.717, 1.165) is 21.8 Å². The zero-order valence-electron chi connectivity index (χ0n) is 15.3. The Hall–Kier alpha value is -3.12. The molecule has 1 heterocycles. The first-order chi connectivity index (χ1) is 13.0. The van der Waals surface area contributed by atoms with Crippen LogP contribution in [0, 0.1) is 6.92 Å². The lowest BCUT2D eigenvalue weighted by molar-refractivity contribution is -0.114. The first-order valence-electron chi connectivity index (χ1n) is 8.40. The summed E-state index contributed by atoms with van der Waals surface area (Å²) in [6, 6.07) is 16.7. The van der Waals surface area contributed by atoms with Gasteiger partial charge in [0.2, 0.25) is 5.91 Å². The predicted octanol–water partition coefficient (Wildman–Crippen LogP) is 4.94. The van der Waals surface area contributed by atoms with Gasteiger partial charge in [-0.15, -0.1) is 11.3 Å². The van der Waals surface area contributed by atoms with Crippen LogP contribution < -0.4 is 15.4 Å². The van der Waals surface area contributed by atoms with Crippen LogP contribution in [0.1, 0.15) is 21.5 Å². The molecule has 2 aromatic carbocycles. The molecule has 3 aromatic rings. The van der Waals surface area contributed by atoms with Crippen molar-refractivity contribution in [2.75, 3.05) is 17.7 Å². The lowest BCUT2D eigenvalue weighted by atomic mass is 10.1. The van der Waals surface area contributed by atoms with Gasteiger partial charge in [0.25, 0.3) is 5.91 Å². The van der Waals surface area contributed by atoms with E-state index in [1.807, 2.05) is 37.3 Å². The van der Waals surface area contributed by atoms with Crippen molar-refractivity contribution in [3.63, 3.8) is 0 Å². The molecule has 0 saturated carbocycles. The highest BCUT2D eigenvalue weighted by atomic mass is 32.1. The van der Waals surface area contributed by atoms with E-state index in [2.05, 4.69) is 10.6 Å². The molecule has 27 heavy (non-hydrogen) atoms. The summed E-state index contributed by atoms with van der Waals surface area (Å²) in [5.41, 5.74) is 3.33. The molecular weight excluding hydrogens is 360 g/mol. The van der Waals surface area contributed by atoms with Gasteiger partial charge < -0.3 is 15.4 Å². The van der Waals surface area contributed by atoms with Crippen LogP contribution in [0.25, 0.3) is 11.1 Å². The van der Waals surface area contributed by atoms with E-state index in [9.17, 15) is 9.59 Å². The second kappa shape index (κ2) is 8.05. The van der Waals surface area contributed by atoms with Crippen molar-refractivity contribution >= 4 is 34.5 Å². The van der Waals surface area contributed by atoms with Crippen LogP contribution in [0.4, 0.5) is 11.4 Å². The molecule has 6 heteroatoms. The van der Waals surface area contributed by atoms with Gasteiger partial charge in [0, 0.05) is 23.2 Å². The number of amides is 2. The molecule has 2 N–H and O–H groups in total. The molecule has 0 radical (unpaired) electrons. The van der Waals surface area contributed by atoms with Crippen molar-refractivity contribution in [3.05, 3.63) is 64.4 Å². The number of carbonyl (C=O) groups excluding carboxylic acids is 2. The number of methoxy groups -OCH3 is 1. The average molecular weight is 380 g/mol. The number of hydrogen-bond donors (Lipinski definition) is 2. The van der Waals surface area contributed by atoms with Crippen molar-refractivity contribution in [3.8, 4) is 16.9 Å². The molecule has 2 amide bonds. The van der Waals surface area contributed by atoms with Crippen molar-refractivity contribution in [2.24, 2.45) is 0 Å². The smallest absolute Gasteiger partial charge is 0.265 e. The fraction of sp³-hybridized carbons (Fsp3) is 0.143. The van der Waals surface area contributed by atoms with Crippen LogP contribution in [0.3, 0.4) is 0 Å². The largest absolute Gasteiger partial charge is 0.497 e. The van der Waals surface area contributed by atoms with Gasteiger partial charge in [-0.25, -0.2) is 0 Å². The van der Waals surface area contributed by atoms with Gasteiger partial charge >= 0.3 is 0 Å². The second-order valence-corrected chi connectivity index (χ2v) is 7.28. The van der Waals surface area contributed by atoms with E-state index in [1.165, 1.54) is 18.3 Å². The lowest BCUT2D eigenvalue weighted by Crippen LogP contribution is -2.11. The van der Waals surface area contributed by atoms with E-state index in [0.29, 0.717) is 16.3 Å². The van der Waals surface area contributed by atoms with E-state index in [1.54, 1.807) is 31.4 Å². The zero-order valence-corrected chi connectivity index (χ0v) is 16.1. The molecule has 0 bridgehead atoms. The highest BCUT2D eigenvalue weighted by Crippen LogP contribution is 2.32. The number of nitrogens with one attached hydrogen (secondary N) is 2. The van der Waals surface area contributed by atoms with Gasteiger partial charge in [-0.05, 0) is 54.4 Å². The Morgan fingerprint density at radius 3 is 2.26 bits per heavy atom. The summed E-state index contributed by atoms with van der Waals surface area (Å²) in [6.45, 7) is 3.44. The number of anilines is 2. The highest BCUT2D eigenvalue weighted by Gasteiger charge is 2.14. The van der Waals surface area contributed by atoms with Crippen molar-refractivity contribution in [2.45, 2.75) is 13.8 Å². The quantitative estimate of drug-likeness (QED) is 0.659. The Morgan fingerprint density at radius 2 is 1.63 bits per heavy atom. The molecule has 138 valence electrons. The van der Waals surface area contributed by atoms with Crippen LogP contribution in [0.5, 0.6) is 5.75 Å². The van der Waals surface area contributed by atoms with Crippen molar-refractivity contribution in [1.29, 1.82) is 0 Å². The molecular formula is C21H20N2O3S. The van der Waals surface area contributed by atoms with E-state index in [4.69, 9.17) is 4.74 Å². The zero-order chi connectivity index (χ0) is 19.4. The Kier molecular flexibility index (Phi) is 5.57. The molecule has 0 aliphatic heterocycles. The van der Waals surface area contributed by atoms with Crippen LogP contribution in [-0.2, 0) is 4.79 Å². The van der Waals surface area contributed by atoms with Gasteiger partial charge in [0.05, 0.1) is 12.0 Å². The fourth-order valence-corrected chi connectivity index (χ4v) is 3.66. The van der Waals surface area contributed by atoms with E-state index in [-0.39, 0.29) is 11.8 Å². The lowest BCUT2D eigenvalue weighted by Gasteiger charge is -2.07. The van der Waals surface area contributed by atoms with Gasteiger partial charge in [-0.1, -0.05) is 18.2 Å². The van der Waals surface area contributed by atoms with Crippen LogP contribution in [-0.4, -0.2) is 18.9 Å². The Labute approximate surface area is 162 Å². The second-order valence-electron chi connectivity index (χ2n) is 6.03. The first-order valence-corrected chi connectivity index (χ1v) is 9.22. The summed E-state index contributed by atoms with van der Waals surface area (Å²) >= 11 is 1.45. The number of thiophene rings is 1. The Bertz CT molecular complexity index is 977. The number of carbonyl (C=O) groups is 2. The Balaban J connectivity index is 1.78. The third kappa shape index (κ3) is 4.54. The first kappa shape index (κ1) is 18.7. The summed E-state index contributed by atoms with van der Waals surface area (Å²) in [4.78, 5) is 25.5. The number of benzene rings is 2. The van der Waals surface area contributed by atoms with Crippen LogP contribution in [0.2, 0.25) is 0 Å². The monoisotopic (exact) mass is 380 g/mol. The SMILES string of the molecule is COc1ccc(-c2cc(C(=O)Nc3cccc(NC(C)=O)c3)sc2C)cc1. The summed E-state index contributed by atoms with van der Waals surface area (Å²) in [5, 5.41) is 5.59. The normalized spacial score (nSPS) is 10.3. The fourth-order valence-electron chi connectivity index (χ4n) is 2.72. The molecule has 0 saturated heterocycles. The molecule has 3 rings (SSSR count).